The van der Waals surface area contributed by atoms with Crippen molar-refractivity contribution in [2.75, 3.05) is 13.1 Å². The van der Waals surface area contributed by atoms with E-state index >= 15 is 0 Å². The van der Waals surface area contributed by atoms with Crippen molar-refractivity contribution < 1.29 is 19.4 Å². The van der Waals surface area contributed by atoms with Gasteiger partial charge in [-0.3, -0.25) is 9.78 Å². The van der Waals surface area contributed by atoms with Gasteiger partial charge in [-0.1, -0.05) is 54.6 Å². The number of likely N-dealkylation sites (tertiary alicyclic amines) is 1. The second-order valence-corrected chi connectivity index (χ2v) is 8.06. The van der Waals surface area contributed by atoms with Crippen LogP contribution in [0, 0.1) is 0 Å². The van der Waals surface area contributed by atoms with Crippen molar-refractivity contribution in [2.45, 2.75) is 31.6 Å². The highest BCUT2D eigenvalue weighted by Gasteiger charge is 2.31. The molecule has 33 heavy (non-hydrogen) atoms. The number of hydrogen-bond donors (Lipinski definition) is 1. The number of pyridine rings is 1. The summed E-state index contributed by atoms with van der Waals surface area (Å²) in [6.07, 6.45) is 2.36. The molecule has 170 valence electrons. The molecule has 2 heterocycles. The number of nitrogens with zero attached hydrogens (tertiary/aromatic N) is 2. The van der Waals surface area contributed by atoms with E-state index in [2.05, 4.69) is 22.4 Å². The second kappa shape index (κ2) is 10.7. The van der Waals surface area contributed by atoms with Gasteiger partial charge in [-0.05, 0) is 35.2 Å². The van der Waals surface area contributed by atoms with E-state index in [1.807, 2.05) is 42.5 Å². The summed E-state index contributed by atoms with van der Waals surface area (Å²) < 4.78 is 6.29. The Morgan fingerprint density at radius 1 is 1.03 bits per heavy atom. The highest BCUT2D eigenvalue weighted by molar-refractivity contribution is 5.93. The number of carbonyl (C=O) groups excluding carboxylic acids is 2. The zero-order valence-corrected chi connectivity index (χ0v) is 18.2. The van der Waals surface area contributed by atoms with Gasteiger partial charge in [0.1, 0.15) is 6.09 Å². The standard InChI is InChI=1S/C26H27N3O4/c30-25(21-11-6-13-27-15-21)28-16-20-9-4-5-10-22(20)18-33-24-17-29(26(31)32)14-12-23(24)19-7-2-1-3-8-19/h1-11,13,15,23-24H,12,14,16-18H2,(H,28,30)(H,31,32)/p-1. The van der Waals surface area contributed by atoms with Gasteiger partial charge in [0.05, 0.1) is 18.3 Å². The number of aromatic nitrogens is 1. The zero-order chi connectivity index (χ0) is 23.0. The molecule has 0 radical (unpaired) electrons. The van der Waals surface area contributed by atoms with Gasteiger partial charge in [-0.15, -0.1) is 0 Å². The van der Waals surface area contributed by atoms with E-state index in [-0.39, 0.29) is 24.5 Å². The molecule has 0 bridgehead atoms. The van der Waals surface area contributed by atoms with Crippen molar-refractivity contribution in [1.29, 1.82) is 0 Å². The SMILES string of the molecule is O=C(NCc1ccccc1COC1CN(C(=O)[O-])CCC1c1ccccc1)c1cccnc1. The van der Waals surface area contributed by atoms with Crippen LogP contribution < -0.4 is 10.4 Å². The van der Waals surface area contributed by atoms with Crippen LogP contribution >= 0.6 is 0 Å². The number of carboxylic acid groups (broad SMARTS) is 1. The summed E-state index contributed by atoms with van der Waals surface area (Å²) >= 11 is 0. The summed E-state index contributed by atoms with van der Waals surface area (Å²) in [7, 11) is 0. The van der Waals surface area contributed by atoms with Crippen LogP contribution in [-0.4, -0.2) is 41.1 Å². The molecule has 1 aliphatic rings. The molecule has 2 atom stereocenters. The number of nitrogens with one attached hydrogen (secondary N) is 1. The Morgan fingerprint density at radius 3 is 2.52 bits per heavy atom. The molecule has 1 N–H and O–H groups in total. The van der Waals surface area contributed by atoms with Gasteiger partial charge in [0, 0.05) is 37.9 Å². The molecule has 1 fully saturated rings. The molecule has 7 nitrogen and oxygen atoms in total. The van der Waals surface area contributed by atoms with E-state index in [0.717, 1.165) is 16.7 Å². The Labute approximate surface area is 193 Å². The van der Waals surface area contributed by atoms with Gasteiger partial charge in [-0.25, -0.2) is 0 Å². The highest BCUT2D eigenvalue weighted by Crippen LogP contribution is 2.31. The summed E-state index contributed by atoms with van der Waals surface area (Å²) in [4.78, 5) is 29.1. The summed E-state index contributed by atoms with van der Waals surface area (Å²) in [6, 6.07) is 21.2. The van der Waals surface area contributed by atoms with Crippen LogP contribution in [0.3, 0.4) is 0 Å². The van der Waals surface area contributed by atoms with E-state index < -0.39 is 6.09 Å². The van der Waals surface area contributed by atoms with Crippen LogP contribution in [0.25, 0.3) is 0 Å². The maximum atomic E-state index is 12.4. The molecule has 1 aromatic heterocycles. The van der Waals surface area contributed by atoms with Crippen LogP contribution in [0.2, 0.25) is 0 Å². The molecule has 2 amide bonds. The van der Waals surface area contributed by atoms with Gasteiger partial charge in [-0.2, -0.15) is 0 Å². The molecule has 0 spiro atoms. The van der Waals surface area contributed by atoms with Crippen molar-refractivity contribution in [2.24, 2.45) is 0 Å². The molecule has 4 rings (SSSR count). The summed E-state index contributed by atoms with van der Waals surface area (Å²) in [5.41, 5.74) is 3.53. The van der Waals surface area contributed by atoms with E-state index in [1.165, 1.54) is 11.1 Å². The van der Waals surface area contributed by atoms with Crippen LogP contribution in [0.15, 0.2) is 79.1 Å². The Morgan fingerprint density at radius 2 is 1.79 bits per heavy atom. The molecule has 2 unspecified atom stereocenters. The second-order valence-electron chi connectivity index (χ2n) is 8.06. The monoisotopic (exact) mass is 444 g/mol. The van der Waals surface area contributed by atoms with Crippen molar-refractivity contribution in [3.63, 3.8) is 0 Å². The lowest BCUT2D eigenvalue weighted by Gasteiger charge is -2.40. The number of rotatable bonds is 7. The largest absolute Gasteiger partial charge is 0.530 e. The minimum atomic E-state index is -1.17. The number of piperidine rings is 1. The lowest BCUT2D eigenvalue weighted by Crippen LogP contribution is -2.51. The van der Waals surface area contributed by atoms with Gasteiger partial charge < -0.3 is 24.9 Å². The van der Waals surface area contributed by atoms with E-state index in [4.69, 9.17) is 4.74 Å². The smallest absolute Gasteiger partial charge is 0.253 e. The quantitative estimate of drug-likeness (QED) is 0.605. The van der Waals surface area contributed by atoms with Gasteiger partial charge in [0.15, 0.2) is 0 Å². The predicted molar refractivity (Wildman–Crippen MR) is 121 cm³/mol. The van der Waals surface area contributed by atoms with E-state index in [1.54, 1.807) is 18.3 Å². The summed E-state index contributed by atoms with van der Waals surface area (Å²) in [5.74, 6) is -0.0981. The molecular formula is C26H26N3O4-. The lowest BCUT2D eigenvalue weighted by molar-refractivity contribution is -0.268. The van der Waals surface area contributed by atoms with Gasteiger partial charge >= 0.3 is 0 Å². The van der Waals surface area contributed by atoms with E-state index in [9.17, 15) is 14.7 Å². The van der Waals surface area contributed by atoms with Crippen molar-refractivity contribution in [3.8, 4) is 0 Å². The maximum absolute atomic E-state index is 12.4. The van der Waals surface area contributed by atoms with Crippen LogP contribution in [0.1, 0.15) is 39.4 Å². The fourth-order valence-corrected chi connectivity index (χ4v) is 4.18. The molecule has 1 saturated heterocycles. The number of benzene rings is 2. The van der Waals surface area contributed by atoms with Crippen LogP contribution in [-0.2, 0) is 17.9 Å². The first-order chi connectivity index (χ1) is 16.1. The predicted octanol–water partition coefficient (Wildman–Crippen LogP) is 2.73. The first-order valence-corrected chi connectivity index (χ1v) is 11.0. The molecule has 0 saturated carbocycles. The van der Waals surface area contributed by atoms with Crippen molar-refractivity contribution in [3.05, 3.63) is 101 Å². The summed E-state index contributed by atoms with van der Waals surface area (Å²) in [6.45, 7) is 1.36. The minimum Gasteiger partial charge on any atom is -0.530 e. The maximum Gasteiger partial charge on any atom is 0.253 e. The fraction of sp³-hybridized carbons (Fsp3) is 0.269. The lowest BCUT2D eigenvalue weighted by atomic mass is 9.87. The molecule has 0 aliphatic carbocycles. The molecular weight excluding hydrogens is 418 g/mol. The third kappa shape index (κ3) is 5.75. The topological polar surface area (TPSA) is 94.6 Å². The Kier molecular flexibility index (Phi) is 7.32. The first-order valence-electron chi connectivity index (χ1n) is 11.0. The fourth-order valence-electron chi connectivity index (χ4n) is 4.18. The minimum absolute atomic E-state index is 0.0965. The summed E-state index contributed by atoms with van der Waals surface area (Å²) in [5, 5.41) is 14.4. The van der Waals surface area contributed by atoms with Gasteiger partial charge in [0.2, 0.25) is 0 Å². The van der Waals surface area contributed by atoms with Crippen molar-refractivity contribution >= 4 is 12.0 Å². The number of ether oxygens (including phenoxy) is 1. The average molecular weight is 445 g/mol. The number of amides is 2. The number of hydrogen-bond acceptors (Lipinski definition) is 5. The molecule has 3 aromatic rings. The Balaban J connectivity index is 1.44. The highest BCUT2D eigenvalue weighted by atomic mass is 16.5. The average Bonchev–Trinajstić information content (AvgIpc) is 2.87. The molecule has 1 aliphatic heterocycles. The third-order valence-electron chi connectivity index (χ3n) is 5.98. The van der Waals surface area contributed by atoms with Gasteiger partial charge in [0.25, 0.3) is 5.91 Å². The molecule has 2 aromatic carbocycles. The first kappa shape index (κ1) is 22.5. The van der Waals surface area contributed by atoms with Crippen molar-refractivity contribution in [1.82, 2.24) is 15.2 Å². The Hall–Kier alpha value is -3.71. The Bertz CT molecular complexity index is 1080. The number of carbonyl (C=O) groups is 2. The van der Waals surface area contributed by atoms with Crippen LogP contribution in [0.4, 0.5) is 4.79 Å². The normalized spacial score (nSPS) is 18.0. The van der Waals surface area contributed by atoms with E-state index in [0.29, 0.717) is 31.7 Å². The van der Waals surface area contributed by atoms with Crippen LogP contribution in [0.5, 0.6) is 0 Å². The third-order valence-corrected chi connectivity index (χ3v) is 5.98. The zero-order valence-electron chi connectivity index (χ0n) is 18.2. The molecule has 7 heteroatoms.